The Morgan fingerprint density at radius 2 is 2.22 bits per heavy atom. The molecule has 0 spiro atoms. The fourth-order valence-corrected chi connectivity index (χ4v) is 4.39. The number of aromatic nitrogens is 2. The van der Waals surface area contributed by atoms with Gasteiger partial charge in [0, 0.05) is 11.3 Å². The molecule has 1 aliphatic rings. The van der Waals surface area contributed by atoms with E-state index in [1.165, 1.54) is 6.08 Å². The highest BCUT2D eigenvalue weighted by Crippen LogP contribution is 2.27. The molecule has 1 aliphatic heterocycles. The number of nitriles is 1. The number of hydrogen-bond donors (Lipinski definition) is 0. The SMILES string of the molecule is CCOC(=O)/C(C#N)=C/c1c(C)nn([C@H]2CCS(=O)(=O)C2)c1C. The standard InChI is InChI=1S/C15H19N3O4S/c1-4-22-15(19)12(8-16)7-14-10(2)17-18(11(14)3)13-5-6-23(20,21)9-13/h7,13H,4-6,9H2,1-3H3/b12-7+/t13-/m0/s1. The molecule has 1 aromatic rings. The molecule has 1 atom stereocenters. The van der Waals surface area contributed by atoms with E-state index in [-0.39, 0.29) is 29.7 Å². The summed E-state index contributed by atoms with van der Waals surface area (Å²) in [7, 11) is -3.02. The normalized spacial score (nSPS) is 20.3. The molecule has 1 aromatic heterocycles. The van der Waals surface area contributed by atoms with Crippen LogP contribution in [-0.4, -0.2) is 42.3 Å². The van der Waals surface area contributed by atoms with Crippen molar-refractivity contribution in [1.29, 1.82) is 5.26 Å². The maximum Gasteiger partial charge on any atom is 0.348 e. The molecular weight excluding hydrogens is 318 g/mol. The molecule has 23 heavy (non-hydrogen) atoms. The van der Waals surface area contributed by atoms with Gasteiger partial charge in [0.25, 0.3) is 0 Å². The number of carbonyl (C=O) groups is 1. The summed E-state index contributed by atoms with van der Waals surface area (Å²) >= 11 is 0. The van der Waals surface area contributed by atoms with Crippen molar-refractivity contribution in [2.24, 2.45) is 0 Å². The molecule has 0 aromatic carbocycles. The highest BCUT2D eigenvalue weighted by Gasteiger charge is 2.31. The predicted octanol–water partition coefficient (Wildman–Crippen LogP) is 1.33. The van der Waals surface area contributed by atoms with Crippen molar-refractivity contribution in [1.82, 2.24) is 9.78 Å². The number of aryl methyl sites for hydroxylation is 1. The van der Waals surface area contributed by atoms with Crippen molar-refractivity contribution in [2.75, 3.05) is 18.1 Å². The van der Waals surface area contributed by atoms with Gasteiger partial charge in [-0.05, 0) is 33.3 Å². The second-order valence-electron chi connectivity index (χ2n) is 5.48. The number of carbonyl (C=O) groups excluding carboxylic acids is 1. The van der Waals surface area contributed by atoms with Gasteiger partial charge < -0.3 is 4.74 Å². The summed E-state index contributed by atoms with van der Waals surface area (Å²) in [4.78, 5) is 11.7. The van der Waals surface area contributed by atoms with Crippen molar-refractivity contribution < 1.29 is 17.9 Å². The van der Waals surface area contributed by atoms with E-state index in [0.29, 0.717) is 17.7 Å². The van der Waals surface area contributed by atoms with Crippen molar-refractivity contribution >= 4 is 21.9 Å². The van der Waals surface area contributed by atoms with Crippen LogP contribution in [-0.2, 0) is 19.4 Å². The lowest BCUT2D eigenvalue weighted by molar-refractivity contribution is -0.137. The Morgan fingerprint density at radius 1 is 1.52 bits per heavy atom. The minimum absolute atomic E-state index is 0.0705. The lowest BCUT2D eigenvalue weighted by atomic mass is 10.1. The number of rotatable bonds is 4. The van der Waals surface area contributed by atoms with Crippen LogP contribution in [0.1, 0.15) is 36.3 Å². The molecule has 1 saturated heterocycles. The molecule has 0 radical (unpaired) electrons. The van der Waals surface area contributed by atoms with Crippen LogP contribution in [0.15, 0.2) is 5.57 Å². The van der Waals surface area contributed by atoms with E-state index in [0.717, 1.165) is 5.69 Å². The van der Waals surface area contributed by atoms with Crippen LogP contribution in [0.5, 0.6) is 0 Å². The highest BCUT2D eigenvalue weighted by molar-refractivity contribution is 7.91. The van der Waals surface area contributed by atoms with Crippen molar-refractivity contribution in [2.45, 2.75) is 33.2 Å². The van der Waals surface area contributed by atoms with Gasteiger partial charge >= 0.3 is 5.97 Å². The summed E-state index contributed by atoms with van der Waals surface area (Å²) in [6.45, 7) is 5.42. The largest absolute Gasteiger partial charge is 0.462 e. The third-order valence-corrected chi connectivity index (χ3v) is 5.59. The van der Waals surface area contributed by atoms with Gasteiger partial charge in [-0.15, -0.1) is 0 Å². The molecule has 8 heteroatoms. The minimum atomic E-state index is -3.02. The molecule has 2 rings (SSSR count). The molecule has 7 nitrogen and oxygen atoms in total. The van der Waals surface area contributed by atoms with E-state index in [1.807, 2.05) is 6.07 Å². The molecule has 124 valence electrons. The molecule has 0 amide bonds. The fourth-order valence-electron chi connectivity index (χ4n) is 2.70. The lowest BCUT2D eigenvalue weighted by Crippen LogP contribution is -2.14. The first-order valence-corrected chi connectivity index (χ1v) is 9.16. The predicted molar refractivity (Wildman–Crippen MR) is 84.2 cm³/mol. The van der Waals surface area contributed by atoms with E-state index >= 15 is 0 Å². The van der Waals surface area contributed by atoms with Crippen LogP contribution in [0.3, 0.4) is 0 Å². The number of ether oxygens (including phenoxy) is 1. The Labute approximate surface area is 135 Å². The van der Waals surface area contributed by atoms with Gasteiger partial charge in [-0.3, -0.25) is 4.68 Å². The number of esters is 1. The average molecular weight is 337 g/mol. The third kappa shape index (κ3) is 3.62. The molecule has 0 unspecified atom stereocenters. The molecule has 0 bridgehead atoms. The quantitative estimate of drug-likeness (QED) is 0.466. The van der Waals surface area contributed by atoms with Gasteiger partial charge in [0.1, 0.15) is 11.6 Å². The first kappa shape index (κ1) is 17.2. The van der Waals surface area contributed by atoms with Crippen LogP contribution in [0.25, 0.3) is 6.08 Å². The Hall–Kier alpha value is -2.14. The second-order valence-corrected chi connectivity index (χ2v) is 7.70. The summed E-state index contributed by atoms with van der Waals surface area (Å²) in [6, 6.07) is 1.64. The molecule has 2 heterocycles. The van der Waals surface area contributed by atoms with Crippen molar-refractivity contribution in [3.05, 3.63) is 22.5 Å². The van der Waals surface area contributed by atoms with Gasteiger partial charge in [0.15, 0.2) is 9.84 Å². The van der Waals surface area contributed by atoms with E-state index < -0.39 is 15.8 Å². The number of nitrogens with zero attached hydrogens (tertiary/aromatic N) is 3. The number of sulfone groups is 1. The van der Waals surface area contributed by atoms with E-state index in [2.05, 4.69) is 5.10 Å². The fraction of sp³-hybridized carbons (Fsp3) is 0.533. The van der Waals surface area contributed by atoms with Crippen LogP contribution in [0.2, 0.25) is 0 Å². The maximum absolute atomic E-state index is 11.7. The molecule has 0 N–H and O–H groups in total. The van der Waals surface area contributed by atoms with Crippen molar-refractivity contribution in [3.8, 4) is 6.07 Å². The maximum atomic E-state index is 11.7. The third-order valence-electron chi connectivity index (χ3n) is 3.84. The molecule has 0 aliphatic carbocycles. The topological polar surface area (TPSA) is 102 Å². The Kier molecular flexibility index (Phi) is 4.90. The van der Waals surface area contributed by atoms with E-state index in [1.54, 1.807) is 25.5 Å². The summed E-state index contributed by atoms with van der Waals surface area (Å²) in [6.07, 6.45) is 1.98. The Morgan fingerprint density at radius 3 is 2.74 bits per heavy atom. The van der Waals surface area contributed by atoms with Gasteiger partial charge in [-0.25, -0.2) is 13.2 Å². The zero-order valence-electron chi connectivity index (χ0n) is 13.4. The van der Waals surface area contributed by atoms with E-state index in [4.69, 9.17) is 10.00 Å². The van der Waals surface area contributed by atoms with Crippen LogP contribution < -0.4 is 0 Å². The zero-order valence-corrected chi connectivity index (χ0v) is 14.2. The monoisotopic (exact) mass is 337 g/mol. The van der Waals surface area contributed by atoms with Gasteiger partial charge in [0.2, 0.25) is 0 Å². The smallest absolute Gasteiger partial charge is 0.348 e. The summed E-state index contributed by atoms with van der Waals surface area (Å²) in [5.74, 6) is -0.445. The number of hydrogen-bond acceptors (Lipinski definition) is 6. The van der Waals surface area contributed by atoms with E-state index in [9.17, 15) is 13.2 Å². The van der Waals surface area contributed by atoms with Crippen molar-refractivity contribution in [3.63, 3.8) is 0 Å². The van der Waals surface area contributed by atoms with Gasteiger partial charge in [-0.1, -0.05) is 0 Å². The van der Waals surface area contributed by atoms with Crippen LogP contribution in [0, 0.1) is 25.2 Å². The Balaban J connectivity index is 2.39. The molecule has 0 saturated carbocycles. The highest BCUT2D eigenvalue weighted by atomic mass is 32.2. The summed E-state index contributed by atoms with van der Waals surface area (Å²) in [5.41, 5.74) is 1.93. The zero-order chi connectivity index (χ0) is 17.2. The first-order valence-electron chi connectivity index (χ1n) is 7.34. The Bertz CT molecular complexity index is 799. The average Bonchev–Trinajstić information content (AvgIpc) is 2.97. The minimum Gasteiger partial charge on any atom is -0.462 e. The molecule has 1 fully saturated rings. The summed E-state index contributed by atoms with van der Waals surface area (Å²) < 4.78 is 29.8. The van der Waals surface area contributed by atoms with Crippen LogP contribution in [0.4, 0.5) is 0 Å². The summed E-state index contributed by atoms with van der Waals surface area (Å²) in [5, 5.41) is 13.5. The van der Waals surface area contributed by atoms with Gasteiger partial charge in [0.05, 0.1) is 29.8 Å². The second kappa shape index (κ2) is 6.54. The van der Waals surface area contributed by atoms with Gasteiger partial charge in [-0.2, -0.15) is 10.4 Å². The molecular formula is C15H19N3O4S. The first-order chi connectivity index (χ1) is 10.8. The van der Waals surface area contributed by atoms with Crippen LogP contribution >= 0.6 is 0 Å². The lowest BCUT2D eigenvalue weighted by Gasteiger charge is -2.11.